The molecule has 1 radical (unpaired) electrons. The molecule has 2 nitrogen and oxygen atoms in total. The highest BCUT2D eigenvalue weighted by Gasteiger charge is 1.94. The fraction of sp³-hybridized carbons (Fsp3) is 0. The number of hydrogen-bond acceptors (Lipinski definition) is 2. The zero-order chi connectivity index (χ0) is 8.39. The fourth-order valence-electron chi connectivity index (χ4n) is 1.12. The predicted molar refractivity (Wildman–Crippen MR) is 46.0 cm³/mol. The second-order valence-electron chi connectivity index (χ2n) is 2.51. The summed E-state index contributed by atoms with van der Waals surface area (Å²) in [5.74, 6) is 0. The van der Waals surface area contributed by atoms with Crippen LogP contribution >= 0.6 is 0 Å². The van der Waals surface area contributed by atoms with Gasteiger partial charge in [-0.1, -0.05) is 6.07 Å². The standard InChI is InChI=1S/C10H6NO/c12-7-8-3-4-10-9(6-8)2-1-5-11-10/h1-4,6-7H. The molecule has 2 rings (SSSR count). The summed E-state index contributed by atoms with van der Waals surface area (Å²) in [5.41, 5.74) is 1.54. The lowest BCUT2D eigenvalue weighted by atomic mass is 10.1. The van der Waals surface area contributed by atoms with Gasteiger partial charge in [0.2, 0.25) is 0 Å². The largest absolute Gasteiger partial charge is 0.298 e. The number of aldehydes is 1. The molecule has 0 fully saturated rings. The lowest BCUT2D eigenvalue weighted by Crippen LogP contribution is -1.81. The van der Waals surface area contributed by atoms with Crippen LogP contribution in [0.25, 0.3) is 10.9 Å². The number of fused-ring (bicyclic) bond motifs is 1. The van der Waals surface area contributed by atoms with Crippen molar-refractivity contribution in [1.29, 1.82) is 0 Å². The van der Waals surface area contributed by atoms with Crippen LogP contribution in [0.4, 0.5) is 0 Å². The smallest absolute Gasteiger partial charge is 0.150 e. The molecular formula is C10H6NO. The topological polar surface area (TPSA) is 30.0 Å². The Balaban J connectivity index is 2.75. The van der Waals surface area contributed by atoms with Gasteiger partial charge in [0.1, 0.15) is 6.29 Å². The Morgan fingerprint density at radius 3 is 3.08 bits per heavy atom. The van der Waals surface area contributed by atoms with Crippen LogP contribution in [0.1, 0.15) is 10.4 Å². The van der Waals surface area contributed by atoms with Crippen molar-refractivity contribution in [3.05, 3.63) is 42.1 Å². The lowest BCUT2D eigenvalue weighted by Gasteiger charge is -1.95. The summed E-state index contributed by atoms with van der Waals surface area (Å²) in [6.45, 7) is 0. The van der Waals surface area contributed by atoms with Crippen molar-refractivity contribution in [1.82, 2.24) is 4.98 Å². The monoisotopic (exact) mass is 156 g/mol. The molecule has 12 heavy (non-hydrogen) atoms. The average molecular weight is 156 g/mol. The van der Waals surface area contributed by atoms with E-state index in [-0.39, 0.29) is 0 Å². The number of carbonyl (C=O) groups is 1. The van der Waals surface area contributed by atoms with Crippen molar-refractivity contribution in [3.63, 3.8) is 0 Å². The quantitative estimate of drug-likeness (QED) is 0.590. The Morgan fingerprint density at radius 2 is 2.25 bits per heavy atom. The van der Waals surface area contributed by atoms with Crippen molar-refractivity contribution < 1.29 is 4.79 Å². The first-order valence-electron chi connectivity index (χ1n) is 3.62. The van der Waals surface area contributed by atoms with E-state index in [4.69, 9.17) is 0 Å². The number of nitrogens with zero attached hydrogens (tertiary/aromatic N) is 1. The molecule has 0 aliphatic rings. The van der Waals surface area contributed by atoms with Crippen LogP contribution < -0.4 is 0 Å². The third-order valence-electron chi connectivity index (χ3n) is 1.71. The van der Waals surface area contributed by atoms with Gasteiger partial charge in [0.05, 0.1) is 11.7 Å². The normalized spacial score (nSPS) is 10.0. The summed E-state index contributed by atoms with van der Waals surface area (Å²) in [4.78, 5) is 14.4. The summed E-state index contributed by atoms with van der Waals surface area (Å²) in [7, 11) is 0. The number of benzene rings is 1. The molecular weight excluding hydrogens is 150 g/mol. The minimum Gasteiger partial charge on any atom is -0.298 e. The van der Waals surface area contributed by atoms with Crippen LogP contribution in [0.3, 0.4) is 0 Å². The molecule has 2 heteroatoms. The molecule has 0 aliphatic carbocycles. The van der Waals surface area contributed by atoms with Crippen LogP contribution in [0.2, 0.25) is 0 Å². The molecule has 0 bridgehead atoms. The van der Waals surface area contributed by atoms with Gasteiger partial charge in [-0.2, -0.15) is 0 Å². The van der Waals surface area contributed by atoms with Crippen LogP contribution in [0.15, 0.2) is 30.3 Å². The number of rotatable bonds is 1. The molecule has 0 saturated carbocycles. The first-order chi connectivity index (χ1) is 5.90. The fourth-order valence-corrected chi connectivity index (χ4v) is 1.12. The summed E-state index contributed by atoms with van der Waals surface area (Å²) >= 11 is 0. The third-order valence-corrected chi connectivity index (χ3v) is 1.71. The summed E-state index contributed by atoms with van der Waals surface area (Å²) in [6.07, 6.45) is 3.56. The van der Waals surface area contributed by atoms with E-state index in [0.29, 0.717) is 5.56 Å². The lowest BCUT2D eigenvalue weighted by molar-refractivity contribution is 0.112. The second kappa shape index (κ2) is 2.74. The van der Waals surface area contributed by atoms with Crippen molar-refractivity contribution in [2.75, 3.05) is 0 Å². The Hall–Kier alpha value is -1.70. The Morgan fingerprint density at radius 1 is 1.33 bits per heavy atom. The average Bonchev–Trinajstić information content (AvgIpc) is 2.17. The molecule has 1 heterocycles. The maximum absolute atomic E-state index is 10.4. The van der Waals surface area contributed by atoms with Crippen molar-refractivity contribution in [2.45, 2.75) is 0 Å². The van der Waals surface area contributed by atoms with E-state index < -0.39 is 0 Å². The number of pyridine rings is 1. The number of aromatic nitrogens is 1. The zero-order valence-corrected chi connectivity index (χ0v) is 6.32. The SMILES string of the molecule is O=Cc1ccc2n[c]ccc2c1. The molecule has 0 amide bonds. The summed E-state index contributed by atoms with van der Waals surface area (Å²) in [5, 5.41) is 0.971. The van der Waals surface area contributed by atoms with Gasteiger partial charge in [-0.05, 0) is 24.3 Å². The van der Waals surface area contributed by atoms with E-state index in [2.05, 4.69) is 11.2 Å². The van der Waals surface area contributed by atoms with Crippen LogP contribution in [0, 0.1) is 6.20 Å². The van der Waals surface area contributed by atoms with Gasteiger partial charge in [0, 0.05) is 10.9 Å². The molecule has 0 aliphatic heterocycles. The second-order valence-corrected chi connectivity index (χ2v) is 2.51. The molecule has 0 atom stereocenters. The predicted octanol–water partition coefficient (Wildman–Crippen LogP) is 1.85. The van der Waals surface area contributed by atoms with E-state index >= 15 is 0 Å². The van der Waals surface area contributed by atoms with Crippen molar-refractivity contribution in [3.8, 4) is 0 Å². The van der Waals surface area contributed by atoms with Crippen LogP contribution in [-0.2, 0) is 0 Å². The van der Waals surface area contributed by atoms with E-state index in [1.54, 1.807) is 12.1 Å². The Bertz CT molecular complexity index is 423. The van der Waals surface area contributed by atoms with Crippen molar-refractivity contribution >= 4 is 17.2 Å². The minimum atomic E-state index is 0.676. The van der Waals surface area contributed by atoms with E-state index in [1.807, 2.05) is 18.2 Å². The third kappa shape index (κ3) is 1.07. The molecule has 0 saturated heterocycles. The van der Waals surface area contributed by atoms with E-state index in [1.165, 1.54) is 0 Å². The highest BCUT2D eigenvalue weighted by molar-refractivity contribution is 5.86. The molecule has 0 N–H and O–H groups in total. The number of carbonyl (C=O) groups excluding carboxylic acids is 1. The molecule has 0 unspecified atom stereocenters. The maximum atomic E-state index is 10.4. The van der Waals surface area contributed by atoms with Crippen LogP contribution in [-0.4, -0.2) is 11.3 Å². The highest BCUT2D eigenvalue weighted by atomic mass is 16.1. The Labute approximate surface area is 69.9 Å². The van der Waals surface area contributed by atoms with Gasteiger partial charge in [0.15, 0.2) is 0 Å². The summed E-state index contributed by atoms with van der Waals surface area (Å²) < 4.78 is 0. The van der Waals surface area contributed by atoms with Gasteiger partial charge in [-0.15, -0.1) is 0 Å². The van der Waals surface area contributed by atoms with Gasteiger partial charge in [-0.25, -0.2) is 4.98 Å². The van der Waals surface area contributed by atoms with Gasteiger partial charge in [0.25, 0.3) is 0 Å². The zero-order valence-electron chi connectivity index (χ0n) is 6.32. The van der Waals surface area contributed by atoms with Crippen LogP contribution in [0.5, 0.6) is 0 Å². The molecule has 1 aromatic carbocycles. The highest BCUT2D eigenvalue weighted by Crippen LogP contribution is 2.11. The van der Waals surface area contributed by atoms with E-state index in [0.717, 1.165) is 17.2 Å². The minimum absolute atomic E-state index is 0.676. The van der Waals surface area contributed by atoms with Crippen molar-refractivity contribution in [2.24, 2.45) is 0 Å². The summed E-state index contributed by atoms with van der Waals surface area (Å²) in [6, 6.07) is 8.99. The number of hydrogen-bond donors (Lipinski definition) is 0. The molecule has 2 aromatic rings. The molecule has 57 valence electrons. The van der Waals surface area contributed by atoms with E-state index in [9.17, 15) is 4.79 Å². The van der Waals surface area contributed by atoms with Gasteiger partial charge >= 0.3 is 0 Å². The van der Waals surface area contributed by atoms with Gasteiger partial charge in [-0.3, -0.25) is 4.79 Å². The molecule has 1 aromatic heterocycles. The Kier molecular flexibility index (Phi) is 1.59. The maximum Gasteiger partial charge on any atom is 0.150 e. The first-order valence-corrected chi connectivity index (χ1v) is 3.62. The van der Waals surface area contributed by atoms with Gasteiger partial charge < -0.3 is 0 Å². The first kappa shape index (κ1) is 6.98. The molecule has 0 spiro atoms.